The Hall–Kier alpha value is -3.14. The molecule has 1 aromatic heterocycles. The number of nitrogens with one attached hydrogen (secondary N) is 1. The summed E-state index contributed by atoms with van der Waals surface area (Å²) < 4.78 is 5.87. The summed E-state index contributed by atoms with van der Waals surface area (Å²) in [5.41, 5.74) is 2.12. The molecule has 3 aromatic rings. The Bertz CT molecular complexity index is 799. The number of rotatable bonds is 4. The van der Waals surface area contributed by atoms with Crippen LogP contribution in [0.1, 0.15) is 16.1 Å². The van der Waals surface area contributed by atoms with Crippen molar-refractivity contribution < 1.29 is 9.53 Å². The first-order valence-corrected chi connectivity index (χ1v) is 7.28. The molecule has 0 aliphatic heterocycles. The van der Waals surface area contributed by atoms with Crippen molar-refractivity contribution in [1.82, 2.24) is 4.98 Å². The zero-order valence-corrected chi connectivity index (χ0v) is 12.7. The molecule has 0 radical (unpaired) electrons. The van der Waals surface area contributed by atoms with Crippen LogP contribution >= 0.6 is 0 Å². The maximum Gasteiger partial charge on any atom is 0.274 e. The van der Waals surface area contributed by atoms with Crippen molar-refractivity contribution in [1.29, 1.82) is 0 Å². The van der Waals surface area contributed by atoms with Crippen LogP contribution in [-0.4, -0.2) is 10.9 Å². The van der Waals surface area contributed by atoms with Crippen LogP contribution in [0.4, 0.5) is 5.69 Å². The number of para-hydroxylation sites is 2. The van der Waals surface area contributed by atoms with E-state index in [-0.39, 0.29) is 5.91 Å². The van der Waals surface area contributed by atoms with Crippen LogP contribution < -0.4 is 10.1 Å². The van der Waals surface area contributed by atoms with Crippen molar-refractivity contribution in [2.45, 2.75) is 6.92 Å². The minimum atomic E-state index is -0.273. The highest BCUT2D eigenvalue weighted by Gasteiger charge is 2.10. The topological polar surface area (TPSA) is 51.2 Å². The van der Waals surface area contributed by atoms with Crippen molar-refractivity contribution in [3.8, 4) is 11.5 Å². The number of carbonyl (C=O) groups excluding carboxylic acids is 1. The summed E-state index contributed by atoms with van der Waals surface area (Å²) >= 11 is 0. The molecule has 1 N–H and O–H groups in total. The molecule has 1 amide bonds. The fourth-order valence-corrected chi connectivity index (χ4v) is 2.08. The summed E-state index contributed by atoms with van der Waals surface area (Å²) in [4.78, 5) is 16.3. The number of aryl methyl sites for hydroxylation is 1. The fourth-order valence-electron chi connectivity index (χ4n) is 2.08. The summed E-state index contributed by atoms with van der Waals surface area (Å²) in [6, 6.07) is 20.3. The standard InChI is InChI=1S/C19H16N2O2/c1-14-9-11-15(12-10-14)23-18-8-3-2-6-16(18)21-19(22)17-7-4-5-13-20-17/h2-13H,1H3,(H,21,22). The van der Waals surface area contributed by atoms with Gasteiger partial charge in [-0.3, -0.25) is 9.78 Å². The van der Waals surface area contributed by atoms with Gasteiger partial charge in [-0.05, 0) is 43.3 Å². The summed E-state index contributed by atoms with van der Waals surface area (Å²) in [5, 5.41) is 2.83. The van der Waals surface area contributed by atoms with Gasteiger partial charge in [0, 0.05) is 6.20 Å². The van der Waals surface area contributed by atoms with E-state index in [1.165, 1.54) is 0 Å². The van der Waals surface area contributed by atoms with E-state index in [1.807, 2.05) is 49.4 Å². The van der Waals surface area contributed by atoms with Gasteiger partial charge in [-0.15, -0.1) is 0 Å². The summed E-state index contributed by atoms with van der Waals surface area (Å²) in [6.07, 6.45) is 1.59. The average molecular weight is 304 g/mol. The molecule has 0 aliphatic carbocycles. The molecular formula is C19H16N2O2. The third kappa shape index (κ3) is 3.74. The zero-order valence-electron chi connectivity index (χ0n) is 12.7. The van der Waals surface area contributed by atoms with E-state index in [4.69, 9.17) is 4.74 Å². The minimum Gasteiger partial charge on any atom is -0.455 e. The molecule has 2 aromatic carbocycles. The first-order chi connectivity index (χ1) is 11.2. The van der Waals surface area contributed by atoms with Crippen LogP contribution in [0.3, 0.4) is 0 Å². The van der Waals surface area contributed by atoms with E-state index in [2.05, 4.69) is 10.3 Å². The molecule has 23 heavy (non-hydrogen) atoms. The predicted octanol–water partition coefficient (Wildman–Crippen LogP) is 4.43. The molecule has 0 unspecified atom stereocenters. The lowest BCUT2D eigenvalue weighted by molar-refractivity contribution is 0.102. The van der Waals surface area contributed by atoms with Gasteiger partial charge in [0.15, 0.2) is 5.75 Å². The van der Waals surface area contributed by atoms with Crippen molar-refractivity contribution in [2.75, 3.05) is 5.32 Å². The summed E-state index contributed by atoms with van der Waals surface area (Å²) in [6.45, 7) is 2.02. The molecule has 3 rings (SSSR count). The highest BCUT2D eigenvalue weighted by atomic mass is 16.5. The number of anilines is 1. The molecule has 1 heterocycles. The van der Waals surface area contributed by atoms with Crippen LogP contribution in [-0.2, 0) is 0 Å². The van der Waals surface area contributed by atoms with Gasteiger partial charge in [0.1, 0.15) is 11.4 Å². The molecule has 0 atom stereocenters. The Balaban J connectivity index is 1.80. The van der Waals surface area contributed by atoms with E-state index in [0.29, 0.717) is 17.1 Å². The zero-order chi connectivity index (χ0) is 16.1. The number of nitrogens with zero attached hydrogens (tertiary/aromatic N) is 1. The Labute approximate surface area is 134 Å². The van der Waals surface area contributed by atoms with Crippen LogP contribution in [0, 0.1) is 6.92 Å². The van der Waals surface area contributed by atoms with Gasteiger partial charge >= 0.3 is 0 Å². The van der Waals surface area contributed by atoms with Gasteiger partial charge in [-0.2, -0.15) is 0 Å². The maximum absolute atomic E-state index is 12.2. The Kier molecular flexibility index (Phi) is 4.34. The van der Waals surface area contributed by atoms with E-state index in [0.717, 1.165) is 11.3 Å². The first-order valence-electron chi connectivity index (χ1n) is 7.28. The molecule has 4 heteroatoms. The lowest BCUT2D eigenvalue weighted by Gasteiger charge is -2.12. The highest BCUT2D eigenvalue weighted by Crippen LogP contribution is 2.29. The number of pyridine rings is 1. The number of hydrogen-bond donors (Lipinski definition) is 1. The average Bonchev–Trinajstić information content (AvgIpc) is 2.59. The quantitative estimate of drug-likeness (QED) is 0.775. The first kappa shape index (κ1) is 14.8. The molecule has 114 valence electrons. The molecule has 0 saturated carbocycles. The smallest absolute Gasteiger partial charge is 0.274 e. The van der Waals surface area contributed by atoms with Gasteiger partial charge < -0.3 is 10.1 Å². The number of benzene rings is 2. The number of aromatic nitrogens is 1. The summed E-state index contributed by atoms with van der Waals surface area (Å²) in [5.74, 6) is 1.03. The van der Waals surface area contributed by atoms with Gasteiger partial charge in [0.25, 0.3) is 5.91 Å². The van der Waals surface area contributed by atoms with Crippen molar-refractivity contribution in [3.63, 3.8) is 0 Å². The second kappa shape index (κ2) is 6.75. The van der Waals surface area contributed by atoms with Crippen LogP contribution in [0.25, 0.3) is 0 Å². The number of amides is 1. The van der Waals surface area contributed by atoms with Gasteiger partial charge in [0.05, 0.1) is 5.69 Å². The number of carbonyl (C=O) groups is 1. The number of hydrogen-bond acceptors (Lipinski definition) is 3. The van der Waals surface area contributed by atoms with Crippen LogP contribution in [0.5, 0.6) is 11.5 Å². The molecule has 0 bridgehead atoms. The second-order valence-electron chi connectivity index (χ2n) is 5.08. The van der Waals surface area contributed by atoms with E-state index < -0.39 is 0 Å². The Morgan fingerprint density at radius 3 is 2.43 bits per heavy atom. The fraction of sp³-hybridized carbons (Fsp3) is 0.0526. The van der Waals surface area contributed by atoms with E-state index in [1.54, 1.807) is 30.5 Å². The Morgan fingerprint density at radius 2 is 1.70 bits per heavy atom. The van der Waals surface area contributed by atoms with Gasteiger partial charge in [-0.25, -0.2) is 0 Å². The molecule has 0 fully saturated rings. The third-order valence-electron chi connectivity index (χ3n) is 3.28. The third-order valence-corrected chi connectivity index (χ3v) is 3.28. The molecule has 4 nitrogen and oxygen atoms in total. The van der Waals surface area contributed by atoms with Crippen LogP contribution in [0.15, 0.2) is 72.9 Å². The molecule has 0 aliphatic rings. The predicted molar refractivity (Wildman–Crippen MR) is 89.9 cm³/mol. The van der Waals surface area contributed by atoms with Gasteiger partial charge in [-0.1, -0.05) is 35.9 Å². The minimum absolute atomic E-state index is 0.273. The maximum atomic E-state index is 12.2. The molecule has 0 spiro atoms. The molecular weight excluding hydrogens is 288 g/mol. The van der Waals surface area contributed by atoms with E-state index >= 15 is 0 Å². The normalized spacial score (nSPS) is 10.1. The lowest BCUT2D eigenvalue weighted by atomic mass is 10.2. The van der Waals surface area contributed by atoms with Crippen molar-refractivity contribution >= 4 is 11.6 Å². The van der Waals surface area contributed by atoms with E-state index in [9.17, 15) is 4.79 Å². The Morgan fingerprint density at radius 1 is 0.957 bits per heavy atom. The highest BCUT2D eigenvalue weighted by molar-refractivity contribution is 6.03. The largest absolute Gasteiger partial charge is 0.455 e. The van der Waals surface area contributed by atoms with Gasteiger partial charge in [0.2, 0.25) is 0 Å². The summed E-state index contributed by atoms with van der Waals surface area (Å²) in [7, 11) is 0. The van der Waals surface area contributed by atoms with Crippen molar-refractivity contribution in [2.24, 2.45) is 0 Å². The van der Waals surface area contributed by atoms with Crippen LogP contribution in [0.2, 0.25) is 0 Å². The SMILES string of the molecule is Cc1ccc(Oc2ccccc2NC(=O)c2ccccn2)cc1. The van der Waals surface area contributed by atoms with Crippen molar-refractivity contribution in [3.05, 3.63) is 84.2 Å². The number of ether oxygens (including phenoxy) is 1. The lowest BCUT2D eigenvalue weighted by Crippen LogP contribution is -2.13. The second-order valence-corrected chi connectivity index (χ2v) is 5.08. The monoisotopic (exact) mass is 304 g/mol. The molecule has 0 saturated heterocycles.